The third kappa shape index (κ3) is 1.63. The summed E-state index contributed by atoms with van der Waals surface area (Å²) in [5, 5.41) is 0. The number of rotatable bonds is 1. The minimum absolute atomic E-state index is 0.210. The van der Waals surface area contributed by atoms with E-state index in [1.807, 2.05) is 0 Å². The molecule has 2 aliphatic rings. The van der Waals surface area contributed by atoms with Gasteiger partial charge in [0.15, 0.2) is 0 Å². The Balaban J connectivity index is 2.16. The predicted octanol–water partition coefficient (Wildman–Crippen LogP) is 3.38. The molecule has 0 aliphatic carbocycles. The molecule has 0 spiro atoms. The van der Waals surface area contributed by atoms with Gasteiger partial charge in [0.25, 0.3) is 0 Å². The van der Waals surface area contributed by atoms with E-state index in [0.29, 0.717) is 0 Å². The molecule has 0 aromatic rings. The third-order valence-electron chi connectivity index (χ3n) is 4.01. The standard InChI is InChI=1S/C12H22O/c1-9(2)10-7-11(3)5-6-12(4,8-10)13-11/h9-10H,5-8H2,1-4H3. The van der Waals surface area contributed by atoms with Gasteiger partial charge >= 0.3 is 0 Å². The Bertz CT molecular complexity index is 193. The molecule has 76 valence electrons. The molecule has 0 amide bonds. The summed E-state index contributed by atoms with van der Waals surface area (Å²) in [7, 11) is 0. The maximum Gasteiger partial charge on any atom is 0.0665 e. The second kappa shape index (κ2) is 2.73. The van der Waals surface area contributed by atoms with Gasteiger partial charge in [0.1, 0.15) is 0 Å². The van der Waals surface area contributed by atoms with E-state index in [0.717, 1.165) is 11.8 Å². The molecule has 1 heteroatoms. The van der Waals surface area contributed by atoms with Crippen molar-refractivity contribution in [3.05, 3.63) is 0 Å². The Morgan fingerprint density at radius 3 is 1.92 bits per heavy atom. The Morgan fingerprint density at radius 2 is 1.54 bits per heavy atom. The molecule has 0 aromatic carbocycles. The van der Waals surface area contributed by atoms with Crippen molar-refractivity contribution in [3.63, 3.8) is 0 Å². The topological polar surface area (TPSA) is 9.23 Å². The second-order valence-electron chi connectivity index (χ2n) is 5.91. The molecule has 2 aliphatic heterocycles. The zero-order valence-electron chi connectivity index (χ0n) is 9.39. The fourth-order valence-corrected chi connectivity index (χ4v) is 3.17. The van der Waals surface area contributed by atoms with E-state index in [9.17, 15) is 0 Å². The minimum atomic E-state index is 0.210. The predicted molar refractivity (Wildman–Crippen MR) is 54.7 cm³/mol. The smallest absolute Gasteiger partial charge is 0.0665 e. The van der Waals surface area contributed by atoms with E-state index < -0.39 is 0 Å². The van der Waals surface area contributed by atoms with Gasteiger partial charge in [0, 0.05) is 0 Å². The van der Waals surface area contributed by atoms with Gasteiger partial charge in [-0.25, -0.2) is 0 Å². The molecular formula is C12H22O. The van der Waals surface area contributed by atoms with Gasteiger partial charge < -0.3 is 4.74 Å². The average molecular weight is 182 g/mol. The van der Waals surface area contributed by atoms with E-state index >= 15 is 0 Å². The van der Waals surface area contributed by atoms with Gasteiger partial charge in [-0.2, -0.15) is 0 Å². The largest absolute Gasteiger partial charge is 0.369 e. The first-order valence-electron chi connectivity index (χ1n) is 5.63. The number of hydrogen-bond donors (Lipinski definition) is 0. The van der Waals surface area contributed by atoms with E-state index in [1.54, 1.807) is 0 Å². The molecule has 1 nitrogen and oxygen atoms in total. The summed E-state index contributed by atoms with van der Waals surface area (Å²) < 4.78 is 6.15. The van der Waals surface area contributed by atoms with E-state index in [1.165, 1.54) is 25.7 Å². The molecule has 0 radical (unpaired) electrons. The van der Waals surface area contributed by atoms with Crippen molar-refractivity contribution in [1.82, 2.24) is 0 Å². The highest BCUT2D eigenvalue weighted by Gasteiger charge is 2.50. The Morgan fingerprint density at radius 1 is 1.08 bits per heavy atom. The fraction of sp³-hybridized carbons (Fsp3) is 1.00. The summed E-state index contributed by atoms with van der Waals surface area (Å²) in [5.41, 5.74) is 0.421. The zero-order valence-corrected chi connectivity index (χ0v) is 9.39. The zero-order chi connectivity index (χ0) is 9.69. The quantitative estimate of drug-likeness (QED) is 0.604. The van der Waals surface area contributed by atoms with Crippen LogP contribution in [0.15, 0.2) is 0 Å². The van der Waals surface area contributed by atoms with Crippen LogP contribution in [0.3, 0.4) is 0 Å². The van der Waals surface area contributed by atoms with Crippen LogP contribution in [0.4, 0.5) is 0 Å². The monoisotopic (exact) mass is 182 g/mol. The molecule has 2 saturated heterocycles. The van der Waals surface area contributed by atoms with Gasteiger partial charge in [-0.15, -0.1) is 0 Å². The fourth-order valence-electron chi connectivity index (χ4n) is 3.17. The highest BCUT2D eigenvalue weighted by atomic mass is 16.5. The first kappa shape index (κ1) is 9.51. The molecule has 0 saturated carbocycles. The Hall–Kier alpha value is -0.0400. The molecular weight excluding hydrogens is 160 g/mol. The molecule has 2 bridgehead atoms. The molecule has 2 unspecified atom stereocenters. The van der Waals surface area contributed by atoms with Crippen molar-refractivity contribution in [2.24, 2.45) is 11.8 Å². The summed E-state index contributed by atoms with van der Waals surface area (Å²) in [6.07, 6.45) is 5.10. The second-order valence-corrected chi connectivity index (χ2v) is 5.91. The first-order valence-corrected chi connectivity index (χ1v) is 5.63. The van der Waals surface area contributed by atoms with E-state index in [2.05, 4.69) is 27.7 Å². The lowest BCUT2D eigenvalue weighted by Gasteiger charge is -2.42. The molecule has 0 N–H and O–H groups in total. The van der Waals surface area contributed by atoms with Crippen molar-refractivity contribution in [1.29, 1.82) is 0 Å². The van der Waals surface area contributed by atoms with Crippen LogP contribution in [0.1, 0.15) is 53.4 Å². The van der Waals surface area contributed by atoms with Crippen molar-refractivity contribution in [2.45, 2.75) is 64.6 Å². The van der Waals surface area contributed by atoms with Crippen LogP contribution in [0, 0.1) is 11.8 Å². The molecule has 2 heterocycles. The molecule has 0 aromatic heterocycles. The summed E-state index contributed by atoms with van der Waals surface area (Å²) >= 11 is 0. The summed E-state index contributed by atoms with van der Waals surface area (Å²) in [6.45, 7) is 9.30. The lowest BCUT2D eigenvalue weighted by Crippen LogP contribution is -2.42. The molecule has 13 heavy (non-hydrogen) atoms. The Labute approximate surface area is 81.9 Å². The van der Waals surface area contributed by atoms with Crippen LogP contribution >= 0.6 is 0 Å². The number of hydrogen-bond acceptors (Lipinski definition) is 1. The normalized spacial score (nSPS) is 50.1. The van der Waals surface area contributed by atoms with Crippen molar-refractivity contribution in [2.75, 3.05) is 0 Å². The Kier molecular flexibility index (Phi) is 1.99. The molecule has 2 fully saturated rings. The van der Waals surface area contributed by atoms with Crippen LogP contribution in [0.2, 0.25) is 0 Å². The van der Waals surface area contributed by atoms with Gasteiger partial charge in [0.2, 0.25) is 0 Å². The third-order valence-corrected chi connectivity index (χ3v) is 4.01. The van der Waals surface area contributed by atoms with Gasteiger partial charge in [-0.05, 0) is 51.4 Å². The summed E-state index contributed by atoms with van der Waals surface area (Å²) in [6, 6.07) is 0. The number of ether oxygens (including phenoxy) is 1. The van der Waals surface area contributed by atoms with Gasteiger partial charge in [-0.1, -0.05) is 13.8 Å². The van der Waals surface area contributed by atoms with Crippen LogP contribution in [-0.4, -0.2) is 11.2 Å². The SMILES string of the molecule is CC(C)C1CC2(C)CCC(C)(C1)O2. The molecule has 2 rings (SSSR count). The van der Waals surface area contributed by atoms with Crippen LogP contribution in [0.5, 0.6) is 0 Å². The lowest BCUT2D eigenvalue weighted by molar-refractivity contribution is -0.145. The summed E-state index contributed by atoms with van der Waals surface area (Å²) in [5.74, 6) is 1.70. The van der Waals surface area contributed by atoms with Crippen molar-refractivity contribution >= 4 is 0 Å². The van der Waals surface area contributed by atoms with Crippen molar-refractivity contribution < 1.29 is 4.74 Å². The van der Waals surface area contributed by atoms with E-state index in [-0.39, 0.29) is 11.2 Å². The highest BCUT2D eigenvalue weighted by molar-refractivity contribution is 5.00. The van der Waals surface area contributed by atoms with Gasteiger partial charge in [-0.3, -0.25) is 0 Å². The number of fused-ring (bicyclic) bond motifs is 2. The van der Waals surface area contributed by atoms with E-state index in [4.69, 9.17) is 4.74 Å². The van der Waals surface area contributed by atoms with Crippen molar-refractivity contribution in [3.8, 4) is 0 Å². The first-order chi connectivity index (χ1) is 5.93. The average Bonchev–Trinajstić information content (AvgIpc) is 2.20. The highest BCUT2D eigenvalue weighted by Crippen LogP contribution is 2.51. The summed E-state index contributed by atoms with van der Waals surface area (Å²) in [4.78, 5) is 0. The van der Waals surface area contributed by atoms with Crippen LogP contribution < -0.4 is 0 Å². The lowest BCUT2D eigenvalue weighted by atomic mass is 9.78. The molecule has 2 atom stereocenters. The maximum atomic E-state index is 6.15. The van der Waals surface area contributed by atoms with Crippen LogP contribution in [0.25, 0.3) is 0 Å². The maximum absolute atomic E-state index is 6.15. The minimum Gasteiger partial charge on any atom is -0.369 e. The van der Waals surface area contributed by atoms with Crippen LogP contribution in [-0.2, 0) is 4.74 Å². The van der Waals surface area contributed by atoms with Gasteiger partial charge in [0.05, 0.1) is 11.2 Å².